The molecule has 0 bridgehead atoms. The van der Waals surface area contributed by atoms with E-state index in [-0.39, 0.29) is 44.1 Å². The van der Waals surface area contributed by atoms with Crippen LogP contribution in [0.5, 0.6) is 0 Å². The molecule has 44 heavy (non-hydrogen) atoms. The Balaban J connectivity index is 3.33. The van der Waals surface area contributed by atoms with E-state index in [9.17, 15) is 19.2 Å². The average molecular weight is 632 g/mol. The Morgan fingerprint density at radius 2 is 0.841 bits per heavy atom. The molecule has 0 spiro atoms. The molecule has 0 unspecified atom stereocenters. The van der Waals surface area contributed by atoms with Crippen molar-refractivity contribution in [2.45, 2.75) is 116 Å². The van der Waals surface area contributed by atoms with Gasteiger partial charge in [-0.2, -0.15) is 0 Å². The number of unbranched alkanes of at least 4 members (excludes halogenated alkanes) is 13. The fourth-order valence-corrected chi connectivity index (χ4v) is 4.46. The van der Waals surface area contributed by atoms with Crippen molar-refractivity contribution in [1.29, 1.82) is 0 Å². The molecular weight excluding hydrogens is 570 g/mol. The van der Waals surface area contributed by atoms with Crippen LogP contribution in [0.4, 0.5) is 0 Å². The molecule has 5 N–H and O–H groups in total. The first-order valence-corrected chi connectivity index (χ1v) is 16.8. The summed E-state index contributed by atoms with van der Waals surface area (Å²) >= 11 is 0. The highest BCUT2D eigenvalue weighted by Crippen LogP contribution is 2.13. The third-order valence-corrected chi connectivity index (χ3v) is 6.93. The summed E-state index contributed by atoms with van der Waals surface area (Å²) in [5.74, 6) is -0.971. The van der Waals surface area contributed by atoms with Crippen LogP contribution in [0.3, 0.4) is 0 Å². The van der Waals surface area contributed by atoms with E-state index >= 15 is 0 Å². The number of carboxylic acid groups (broad SMARTS) is 1. The van der Waals surface area contributed by atoms with Crippen molar-refractivity contribution in [2.24, 2.45) is 0 Å². The molecule has 0 aromatic carbocycles. The number of rotatable bonds is 34. The summed E-state index contributed by atoms with van der Waals surface area (Å²) in [6.45, 7) is 2.63. The molecule has 0 aliphatic heterocycles. The molecule has 0 aromatic rings. The molecule has 0 aliphatic rings. The monoisotopic (exact) mass is 631 g/mol. The minimum Gasteiger partial charge on any atom is -0.481 e. The van der Waals surface area contributed by atoms with Crippen LogP contribution in [0.25, 0.3) is 0 Å². The summed E-state index contributed by atoms with van der Waals surface area (Å²) in [6.07, 6.45) is 18.0. The molecule has 12 heteroatoms. The second-order valence-corrected chi connectivity index (χ2v) is 11.0. The van der Waals surface area contributed by atoms with Gasteiger partial charge < -0.3 is 40.4 Å². The third-order valence-electron chi connectivity index (χ3n) is 6.93. The van der Waals surface area contributed by atoms with Crippen LogP contribution in [-0.2, 0) is 33.4 Å². The molecule has 0 saturated carbocycles. The van der Waals surface area contributed by atoms with Gasteiger partial charge in [0.2, 0.25) is 17.7 Å². The van der Waals surface area contributed by atoms with E-state index < -0.39 is 5.97 Å². The number of carboxylic acids is 1. The Labute approximate surface area is 264 Å². The molecule has 0 radical (unpaired) electrons. The van der Waals surface area contributed by atoms with Gasteiger partial charge in [-0.25, -0.2) is 0 Å². The molecule has 0 fully saturated rings. The maximum Gasteiger partial charge on any atom is 0.303 e. The van der Waals surface area contributed by atoms with Gasteiger partial charge in [0.15, 0.2) is 0 Å². The number of aliphatic hydroxyl groups excluding tert-OH is 1. The number of hydrogen-bond acceptors (Lipinski definition) is 8. The van der Waals surface area contributed by atoms with Crippen molar-refractivity contribution in [1.82, 2.24) is 16.0 Å². The number of aliphatic hydroxyl groups is 1. The van der Waals surface area contributed by atoms with Gasteiger partial charge >= 0.3 is 5.97 Å². The van der Waals surface area contributed by atoms with Gasteiger partial charge in [-0.3, -0.25) is 19.2 Å². The molecule has 0 aromatic heterocycles. The fraction of sp³-hybridized carbons (Fsp3) is 0.875. The number of nitrogens with one attached hydrogen (secondary N) is 3. The van der Waals surface area contributed by atoms with Crippen molar-refractivity contribution in [3.05, 3.63) is 0 Å². The number of amides is 3. The smallest absolute Gasteiger partial charge is 0.303 e. The van der Waals surface area contributed by atoms with Crippen molar-refractivity contribution >= 4 is 23.7 Å². The maximum absolute atomic E-state index is 12.0. The van der Waals surface area contributed by atoms with Gasteiger partial charge in [0.05, 0.1) is 39.6 Å². The Morgan fingerprint density at radius 1 is 0.432 bits per heavy atom. The zero-order valence-corrected chi connectivity index (χ0v) is 27.1. The third kappa shape index (κ3) is 34.2. The molecule has 258 valence electrons. The number of ether oxygens (including phenoxy) is 3. The minimum atomic E-state index is -0.692. The van der Waals surface area contributed by atoms with Gasteiger partial charge in [0.1, 0.15) is 6.61 Å². The zero-order valence-electron chi connectivity index (χ0n) is 27.1. The average Bonchev–Trinajstić information content (AvgIpc) is 3.00. The summed E-state index contributed by atoms with van der Waals surface area (Å²) in [5.41, 5.74) is 0. The molecule has 3 amide bonds. The van der Waals surface area contributed by atoms with E-state index in [0.29, 0.717) is 65.1 Å². The van der Waals surface area contributed by atoms with Crippen LogP contribution in [0.2, 0.25) is 0 Å². The van der Waals surface area contributed by atoms with Gasteiger partial charge in [0, 0.05) is 38.9 Å². The highest BCUT2D eigenvalue weighted by molar-refractivity contribution is 5.77. The predicted octanol–water partition coefficient (Wildman–Crippen LogP) is 3.48. The Hall–Kier alpha value is -2.28. The fourth-order valence-electron chi connectivity index (χ4n) is 4.46. The molecule has 0 atom stereocenters. The summed E-state index contributed by atoms with van der Waals surface area (Å²) in [6, 6.07) is 0. The van der Waals surface area contributed by atoms with Gasteiger partial charge in [0.25, 0.3) is 0 Å². The van der Waals surface area contributed by atoms with Gasteiger partial charge in [-0.15, -0.1) is 0 Å². The number of aliphatic carboxylic acids is 1. The van der Waals surface area contributed by atoms with E-state index in [0.717, 1.165) is 32.1 Å². The zero-order chi connectivity index (χ0) is 32.4. The number of hydrogen-bond donors (Lipinski definition) is 5. The van der Waals surface area contributed by atoms with Crippen LogP contribution in [-0.4, -0.2) is 99.8 Å². The SMILES string of the molecule is O=C(O)CCCCCCCCCCCCCCCCC(=O)NCCCC(=O)NCCOCCOCC(=O)NCCOCCO. The molecule has 0 saturated heterocycles. The first-order valence-electron chi connectivity index (χ1n) is 16.8. The van der Waals surface area contributed by atoms with Crippen molar-refractivity contribution in [2.75, 3.05) is 65.9 Å². The first kappa shape index (κ1) is 41.7. The molecule has 0 heterocycles. The first-order chi connectivity index (χ1) is 21.5. The lowest BCUT2D eigenvalue weighted by Crippen LogP contribution is -2.31. The maximum atomic E-state index is 12.0. The van der Waals surface area contributed by atoms with E-state index in [4.69, 9.17) is 24.4 Å². The number of carbonyl (C=O) groups excluding carboxylic acids is 3. The topological polar surface area (TPSA) is 173 Å². The molecule has 0 rings (SSSR count). The van der Waals surface area contributed by atoms with E-state index in [1.54, 1.807) is 0 Å². The van der Waals surface area contributed by atoms with Crippen LogP contribution in [0.15, 0.2) is 0 Å². The van der Waals surface area contributed by atoms with Crippen LogP contribution in [0.1, 0.15) is 116 Å². The second kappa shape index (κ2) is 33.6. The van der Waals surface area contributed by atoms with Crippen LogP contribution in [0, 0.1) is 0 Å². The summed E-state index contributed by atoms with van der Waals surface area (Å²) in [4.78, 5) is 45.9. The Kier molecular flexibility index (Phi) is 31.9. The normalized spacial score (nSPS) is 10.9. The minimum absolute atomic E-state index is 0.0480. The van der Waals surface area contributed by atoms with Gasteiger partial charge in [-0.05, 0) is 19.3 Å². The Morgan fingerprint density at radius 3 is 1.36 bits per heavy atom. The molecular formula is C32H61N3O9. The second-order valence-electron chi connectivity index (χ2n) is 11.0. The lowest BCUT2D eigenvalue weighted by atomic mass is 10.0. The van der Waals surface area contributed by atoms with Gasteiger partial charge in [-0.1, -0.05) is 77.0 Å². The van der Waals surface area contributed by atoms with Crippen molar-refractivity contribution < 1.29 is 43.6 Å². The number of carbonyl (C=O) groups is 4. The largest absolute Gasteiger partial charge is 0.481 e. The van der Waals surface area contributed by atoms with Crippen molar-refractivity contribution in [3.8, 4) is 0 Å². The summed E-state index contributed by atoms with van der Waals surface area (Å²) in [5, 5.41) is 25.5. The van der Waals surface area contributed by atoms with E-state index in [1.807, 2.05) is 0 Å². The van der Waals surface area contributed by atoms with E-state index in [2.05, 4.69) is 16.0 Å². The lowest BCUT2D eigenvalue weighted by Gasteiger charge is -2.08. The standard InChI is InChI=1S/C32H61N3O9/c36-22-25-42-23-21-35-31(39)28-44-27-26-43-24-20-34-30(38)17-15-19-33-29(37)16-13-11-9-7-5-3-1-2-4-6-8-10-12-14-18-32(40)41/h36H,1-28H2,(H,33,37)(H,34,38)(H,35,39)(H,40,41). The van der Waals surface area contributed by atoms with Crippen LogP contribution >= 0.6 is 0 Å². The predicted molar refractivity (Wildman–Crippen MR) is 169 cm³/mol. The highest BCUT2D eigenvalue weighted by atomic mass is 16.5. The lowest BCUT2D eigenvalue weighted by molar-refractivity contribution is -0.137. The summed E-state index contributed by atoms with van der Waals surface area (Å²) in [7, 11) is 0. The quantitative estimate of drug-likeness (QED) is 0.0667. The van der Waals surface area contributed by atoms with Crippen LogP contribution < -0.4 is 16.0 Å². The Bertz CT molecular complexity index is 710. The molecule has 0 aliphatic carbocycles. The van der Waals surface area contributed by atoms with Crippen molar-refractivity contribution in [3.63, 3.8) is 0 Å². The highest BCUT2D eigenvalue weighted by Gasteiger charge is 2.04. The molecule has 12 nitrogen and oxygen atoms in total. The van der Waals surface area contributed by atoms with E-state index in [1.165, 1.54) is 57.8 Å². The summed E-state index contributed by atoms with van der Waals surface area (Å²) < 4.78 is 15.6.